The molecule has 0 saturated heterocycles. The van der Waals surface area contributed by atoms with Crippen molar-refractivity contribution in [2.45, 2.75) is 15.8 Å². The second-order valence-electron chi connectivity index (χ2n) is 4.11. The van der Waals surface area contributed by atoms with Crippen molar-refractivity contribution in [3.8, 4) is 0 Å². The average Bonchev–Trinajstić information content (AvgIpc) is 2.36. The number of nitrogens with one attached hydrogen (secondary N) is 1. The molecule has 0 radical (unpaired) electrons. The third-order valence-corrected chi connectivity index (χ3v) is 3.84. The Hall–Kier alpha value is -0.0800. The minimum atomic E-state index is -3.96. The van der Waals surface area contributed by atoms with Crippen LogP contribution in [0.15, 0.2) is 30.3 Å². The number of hydrogen-bond donors (Lipinski definition) is 2. The van der Waals surface area contributed by atoms with E-state index in [0.717, 1.165) is 0 Å². The highest BCUT2D eigenvalue weighted by Gasteiger charge is 2.39. The Labute approximate surface area is 133 Å². The number of alkyl halides is 3. The minimum absolute atomic E-state index is 0.325. The van der Waals surface area contributed by atoms with Crippen molar-refractivity contribution in [3.05, 3.63) is 35.9 Å². The molecule has 0 amide bonds. The molecule has 0 aliphatic heterocycles. The Bertz CT molecular complexity index is 532. The molecule has 1 atom stereocenters. The van der Waals surface area contributed by atoms with Crippen LogP contribution in [0.3, 0.4) is 0 Å². The Kier molecular flexibility index (Phi) is 6.10. The summed E-state index contributed by atoms with van der Waals surface area (Å²) in [6.07, 6.45) is -0.325. The van der Waals surface area contributed by atoms with Crippen LogP contribution in [0.4, 0.5) is 0 Å². The van der Waals surface area contributed by atoms with E-state index in [1.807, 2.05) is 4.72 Å². The van der Waals surface area contributed by atoms with Crippen LogP contribution in [0.5, 0.6) is 0 Å². The molecule has 2 N–H and O–H groups in total. The van der Waals surface area contributed by atoms with Gasteiger partial charge in [0.25, 0.3) is 0 Å². The maximum atomic E-state index is 11.3. The summed E-state index contributed by atoms with van der Waals surface area (Å²) in [4.78, 5) is 0. The lowest BCUT2D eigenvalue weighted by Crippen LogP contribution is -2.38. The summed E-state index contributed by atoms with van der Waals surface area (Å²) in [5, 5.41) is 10.6. The largest absolute Gasteiger partial charge is 0.383 e. The first-order valence-electron chi connectivity index (χ1n) is 5.50. The fourth-order valence-electron chi connectivity index (χ4n) is 1.55. The van der Waals surface area contributed by atoms with E-state index in [4.69, 9.17) is 34.8 Å². The molecule has 20 heavy (non-hydrogen) atoms. The Morgan fingerprint density at radius 3 is 2.25 bits per heavy atom. The lowest BCUT2D eigenvalue weighted by molar-refractivity contribution is -0.0145. The van der Waals surface area contributed by atoms with Crippen LogP contribution in [0.2, 0.25) is 0 Å². The van der Waals surface area contributed by atoms with Crippen LogP contribution in [-0.2, 0) is 20.1 Å². The van der Waals surface area contributed by atoms with Gasteiger partial charge in [0.1, 0.15) is 12.2 Å². The predicted octanol–water partition coefficient (Wildman–Crippen LogP) is 2.12. The maximum absolute atomic E-state index is 11.3. The molecule has 9 heteroatoms. The van der Waals surface area contributed by atoms with Gasteiger partial charge in [-0.25, -0.2) is 0 Å². The standard InChI is InChI=1S/C11H14Cl3NO4S/c1-15-20(17,18)19-8-10(16,7-11(12,13)14)9-5-3-2-4-6-9/h2-6,15-16H,7-8H2,1H3. The predicted molar refractivity (Wildman–Crippen MR) is 79.2 cm³/mol. The molecule has 0 aliphatic rings. The zero-order chi connectivity index (χ0) is 15.4. The summed E-state index contributed by atoms with van der Waals surface area (Å²) in [6.45, 7) is -0.575. The molecular weight excluding hydrogens is 349 g/mol. The van der Waals surface area contributed by atoms with Gasteiger partial charge in [0.2, 0.25) is 0 Å². The molecule has 1 aromatic carbocycles. The van der Waals surface area contributed by atoms with Crippen LogP contribution in [0, 0.1) is 0 Å². The highest BCUT2D eigenvalue weighted by atomic mass is 35.6. The number of hydrogen-bond acceptors (Lipinski definition) is 4. The highest BCUT2D eigenvalue weighted by molar-refractivity contribution is 7.84. The van der Waals surface area contributed by atoms with Gasteiger partial charge in [0.15, 0.2) is 3.79 Å². The summed E-state index contributed by atoms with van der Waals surface area (Å²) >= 11 is 17.1. The van der Waals surface area contributed by atoms with Gasteiger partial charge in [-0.1, -0.05) is 65.1 Å². The highest BCUT2D eigenvalue weighted by Crippen LogP contribution is 2.40. The van der Waals surface area contributed by atoms with Crippen molar-refractivity contribution in [2.75, 3.05) is 13.7 Å². The first-order valence-corrected chi connectivity index (χ1v) is 8.05. The third-order valence-electron chi connectivity index (χ3n) is 2.51. The molecule has 1 rings (SSSR count). The van der Waals surface area contributed by atoms with Crippen LogP contribution in [0.1, 0.15) is 12.0 Å². The number of benzene rings is 1. The normalized spacial score (nSPS) is 15.8. The molecular formula is C11H14Cl3NO4S. The summed E-state index contributed by atoms with van der Waals surface area (Å²) in [6, 6.07) is 8.26. The van der Waals surface area contributed by atoms with Gasteiger partial charge in [-0.3, -0.25) is 4.18 Å². The average molecular weight is 363 g/mol. The van der Waals surface area contributed by atoms with Crippen LogP contribution >= 0.6 is 34.8 Å². The second-order valence-corrected chi connectivity index (χ2v) is 8.18. The number of rotatable bonds is 6. The first kappa shape index (κ1) is 18.0. The molecule has 0 bridgehead atoms. The van der Waals surface area contributed by atoms with Crippen LogP contribution in [-0.4, -0.2) is 31.0 Å². The van der Waals surface area contributed by atoms with E-state index in [2.05, 4.69) is 4.18 Å². The van der Waals surface area contributed by atoms with Gasteiger partial charge in [-0.05, 0) is 5.56 Å². The summed E-state index contributed by atoms with van der Waals surface area (Å²) in [7, 11) is -2.77. The second kappa shape index (κ2) is 6.79. The molecule has 0 aliphatic carbocycles. The molecule has 0 spiro atoms. The molecule has 1 aromatic rings. The Balaban J connectivity index is 3.03. The lowest BCUT2D eigenvalue weighted by Gasteiger charge is -2.31. The Morgan fingerprint density at radius 2 is 1.80 bits per heavy atom. The van der Waals surface area contributed by atoms with Crippen molar-refractivity contribution in [3.63, 3.8) is 0 Å². The molecule has 0 saturated carbocycles. The third kappa shape index (κ3) is 5.73. The molecule has 5 nitrogen and oxygen atoms in total. The topological polar surface area (TPSA) is 75.6 Å². The van der Waals surface area contributed by atoms with Crippen LogP contribution < -0.4 is 4.72 Å². The van der Waals surface area contributed by atoms with E-state index in [9.17, 15) is 13.5 Å². The number of aliphatic hydroxyl groups is 1. The first-order chi connectivity index (χ1) is 9.08. The molecule has 0 fully saturated rings. The fraction of sp³-hybridized carbons (Fsp3) is 0.455. The summed E-state index contributed by atoms with van der Waals surface area (Å²) in [5.41, 5.74) is -1.37. The van der Waals surface area contributed by atoms with Gasteiger partial charge in [0, 0.05) is 13.5 Å². The molecule has 0 aromatic heterocycles. The Morgan fingerprint density at radius 1 is 1.25 bits per heavy atom. The van der Waals surface area contributed by atoms with Crippen molar-refractivity contribution < 1.29 is 17.7 Å². The number of halogens is 3. The molecule has 0 heterocycles. The van der Waals surface area contributed by atoms with Gasteiger partial charge < -0.3 is 5.11 Å². The smallest absolute Gasteiger partial charge is 0.335 e. The van der Waals surface area contributed by atoms with E-state index >= 15 is 0 Å². The van der Waals surface area contributed by atoms with Crippen molar-refractivity contribution in [1.82, 2.24) is 4.72 Å². The lowest BCUT2D eigenvalue weighted by atomic mass is 9.92. The van der Waals surface area contributed by atoms with Gasteiger partial charge in [-0.15, -0.1) is 0 Å². The van der Waals surface area contributed by atoms with E-state index in [1.165, 1.54) is 7.05 Å². The fourth-order valence-corrected chi connectivity index (χ4v) is 2.68. The maximum Gasteiger partial charge on any atom is 0.335 e. The SMILES string of the molecule is CNS(=O)(=O)OCC(O)(CC(Cl)(Cl)Cl)c1ccccc1. The van der Waals surface area contributed by atoms with Crippen molar-refractivity contribution in [1.29, 1.82) is 0 Å². The van der Waals surface area contributed by atoms with Gasteiger partial charge in [0.05, 0.1) is 0 Å². The van der Waals surface area contributed by atoms with E-state index < -0.39 is 26.3 Å². The molecule has 114 valence electrons. The van der Waals surface area contributed by atoms with E-state index in [-0.39, 0.29) is 6.42 Å². The van der Waals surface area contributed by atoms with Crippen LogP contribution in [0.25, 0.3) is 0 Å². The summed E-state index contributed by atoms with van der Waals surface area (Å²) < 4.78 is 27.5. The van der Waals surface area contributed by atoms with E-state index in [0.29, 0.717) is 5.56 Å². The zero-order valence-corrected chi connectivity index (χ0v) is 13.6. The summed E-state index contributed by atoms with van der Waals surface area (Å²) in [5.74, 6) is 0. The van der Waals surface area contributed by atoms with E-state index in [1.54, 1.807) is 30.3 Å². The monoisotopic (exact) mass is 361 g/mol. The minimum Gasteiger partial charge on any atom is -0.383 e. The molecule has 1 unspecified atom stereocenters. The van der Waals surface area contributed by atoms with Crippen molar-refractivity contribution in [2.24, 2.45) is 0 Å². The zero-order valence-electron chi connectivity index (χ0n) is 10.5. The van der Waals surface area contributed by atoms with Gasteiger partial charge >= 0.3 is 10.3 Å². The van der Waals surface area contributed by atoms with Gasteiger partial charge in [-0.2, -0.15) is 13.1 Å². The quantitative estimate of drug-likeness (QED) is 0.760. The van der Waals surface area contributed by atoms with Crippen molar-refractivity contribution >= 4 is 45.1 Å².